The average Bonchev–Trinajstić information content (AvgIpc) is 2.72. The summed E-state index contributed by atoms with van der Waals surface area (Å²) in [6, 6.07) is 6.20. The van der Waals surface area contributed by atoms with Crippen LogP contribution in [-0.2, 0) is 0 Å². The van der Waals surface area contributed by atoms with Crippen LogP contribution in [0.1, 0.15) is 29.6 Å². The van der Waals surface area contributed by atoms with Crippen molar-refractivity contribution >= 4 is 23.1 Å². The van der Waals surface area contributed by atoms with Crippen molar-refractivity contribution in [3.05, 3.63) is 52.2 Å². The molecule has 0 unspecified atom stereocenters. The molecule has 11 heteroatoms. The molecule has 8 nitrogen and oxygen atoms in total. The van der Waals surface area contributed by atoms with Gasteiger partial charge < -0.3 is 15.0 Å². The van der Waals surface area contributed by atoms with Crippen LogP contribution in [0.5, 0.6) is 5.75 Å². The Morgan fingerprint density at radius 1 is 1.20 bits per heavy atom. The maximum Gasteiger partial charge on any atom is 0.422 e. The summed E-state index contributed by atoms with van der Waals surface area (Å²) in [6.07, 6.45) is 0.186. The third kappa shape index (κ3) is 5.58. The standard InChI is InChI=1S/C19H19F3N4O4/c20-19(21,22)12-30-14-5-6-16(26(28)29)15(10-14)18(27)24-13-4-7-17(23-11-13)25-8-2-1-3-9-25/h4-7,10-11H,1-3,8-9,12H2,(H,24,27). The van der Waals surface area contributed by atoms with E-state index < -0.39 is 34.9 Å². The Bertz CT molecular complexity index is 913. The zero-order valence-electron chi connectivity index (χ0n) is 15.8. The van der Waals surface area contributed by atoms with Crippen molar-refractivity contribution in [2.24, 2.45) is 0 Å². The molecule has 0 atom stereocenters. The summed E-state index contributed by atoms with van der Waals surface area (Å²) in [7, 11) is 0. The molecule has 1 aliphatic heterocycles. The number of rotatable bonds is 6. The molecule has 0 saturated carbocycles. The Balaban J connectivity index is 1.75. The van der Waals surface area contributed by atoms with Gasteiger partial charge in [0.2, 0.25) is 0 Å². The third-order valence-corrected chi connectivity index (χ3v) is 4.50. The summed E-state index contributed by atoms with van der Waals surface area (Å²) in [5.74, 6) is -0.394. The van der Waals surface area contributed by atoms with Crippen LogP contribution in [0.3, 0.4) is 0 Å². The molecule has 1 saturated heterocycles. The van der Waals surface area contributed by atoms with Gasteiger partial charge in [-0.1, -0.05) is 0 Å². The first-order valence-electron chi connectivity index (χ1n) is 9.23. The van der Waals surface area contributed by atoms with Gasteiger partial charge in [0.15, 0.2) is 6.61 Å². The number of nitrogens with one attached hydrogen (secondary N) is 1. The Hall–Kier alpha value is -3.37. The lowest BCUT2D eigenvalue weighted by atomic mass is 10.1. The molecule has 0 aliphatic carbocycles. The molecule has 1 aliphatic rings. The number of piperidine rings is 1. The summed E-state index contributed by atoms with van der Waals surface area (Å²) in [5.41, 5.74) is -0.666. The topological polar surface area (TPSA) is 97.6 Å². The van der Waals surface area contributed by atoms with Gasteiger partial charge in [0.25, 0.3) is 11.6 Å². The van der Waals surface area contributed by atoms with Crippen LogP contribution in [0, 0.1) is 10.1 Å². The SMILES string of the molecule is O=C(Nc1ccc(N2CCCCC2)nc1)c1cc(OCC(F)(F)F)ccc1[N+](=O)[O-]. The molecular weight excluding hydrogens is 405 g/mol. The highest BCUT2D eigenvalue weighted by atomic mass is 19.4. The van der Waals surface area contributed by atoms with Gasteiger partial charge in [0.1, 0.15) is 17.1 Å². The molecule has 1 N–H and O–H groups in total. The lowest BCUT2D eigenvalue weighted by Gasteiger charge is -2.27. The molecule has 2 aromatic rings. The Kier molecular flexibility index (Phi) is 6.38. The normalized spacial score (nSPS) is 14.3. The predicted molar refractivity (Wildman–Crippen MR) is 103 cm³/mol. The fraction of sp³-hybridized carbons (Fsp3) is 0.368. The summed E-state index contributed by atoms with van der Waals surface area (Å²) in [5, 5.41) is 13.7. The number of amides is 1. The van der Waals surface area contributed by atoms with Crippen molar-refractivity contribution in [1.82, 2.24) is 4.98 Å². The first-order valence-corrected chi connectivity index (χ1v) is 9.23. The number of aromatic nitrogens is 1. The monoisotopic (exact) mass is 424 g/mol. The number of nitrogens with zero attached hydrogens (tertiary/aromatic N) is 3. The Labute approximate surface area is 169 Å². The minimum Gasteiger partial charge on any atom is -0.484 e. The Morgan fingerprint density at radius 2 is 1.93 bits per heavy atom. The number of nitro benzene ring substituents is 1. The molecule has 1 fully saturated rings. The van der Waals surface area contributed by atoms with Crippen molar-refractivity contribution < 1.29 is 27.6 Å². The minimum absolute atomic E-state index is 0.302. The first-order chi connectivity index (χ1) is 14.2. The van der Waals surface area contributed by atoms with Crippen molar-refractivity contribution in [2.75, 3.05) is 29.9 Å². The molecule has 1 aromatic heterocycles. The van der Waals surface area contributed by atoms with Crippen LogP contribution in [0.2, 0.25) is 0 Å². The van der Waals surface area contributed by atoms with Gasteiger partial charge in [-0.05, 0) is 43.5 Å². The second-order valence-electron chi connectivity index (χ2n) is 6.75. The van der Waals surface area contributed by atoms with Crippen LogP contribution in [0.15, 0.2) is 36.5 Å². The van der Waals surface area contributed by atoms with E-state index in [4.69, 9.17) is 0 Å². The molecule has 0 radical (unpaired) electrons. The van der Waals surface area contributed by atoms with Gasteiger partial charge in [-0.25, -0.2) is 4.98 Å². The molecule has 2 heterocycles. The highest BCUT2D eigenvalue weighted by molar-refractivity contribution is 6.07. The lowest BCUT2D eigenvalue weighted by molar-refractivity contribution is -0.385. The van der Waals surface area contributed by atoms with E-state index >= 15 is 0 Å². The fourth-order valence-corrected chi connectivity index (χ4v) is 3.08. The fourth-order valence-electron chi connectivity index (χ4n) is 3.08. The van der Waals surface area contributed by atoms with Gasteiger partial charge in [-0.2, -0.15) is 13.2 Å². The van der Waals surface area contributed by atoms with Crippen molar-refractivity contribution in [3.63, 3.8) is 0 Å². The number of pyridine rings is 1. The van der Waals surface area contributed by atoms with Crippen LogP contribution in [0.4, 0.5) is 30.4 Å². The van der Waals surface area contributed by atoms with E-state index in [0.717, 1.165) is 49.9 Å². The van der Waals surface area contributed by atoms with E-state index in [1.807, 2.05) is 0 Å². The average molecular weight is 424 g/mol. The predicted octanol–water partition coefficient (Wildman–Crippen LogP) is 4.17. The van der Waals surface area contributed by atoms with E-state index in [2.05, 4.69) is 19.9 Å². The van der Waals surface area contributed by atoms with E-state index in [1.54, 1.807) is 12.1 Å². The molecular formula is C19H19F3N4O4. The molecule has 3 rings (SSSR count). The zero-order valence-corrected chi connectivity index (χ0v) is 15.8. The number of ether oxygens (including phenoxy) is 1. The van der Waals surface area contributed by atoms with E-state index in [0.29, 0.717) is 5.69 Å². The molecule has 1 aromatic carbocycles. The summed E-state index contributed by atoms with van der Waals surface area (Å²) in [4.78, 5) is 29.4. The third-order valence-electron chi connectivity index (χ3n) is 4.50. The number of carbonyl (C=O) groups is 1. The number of alkyl halides is 3. The van der Waals surface area contributed by atoms with Gasteiger partial charge in [0, 0.05) is 19.2 Å². The zero-order chi connectivity index (χ0) is 21.7. The largest absolute Gasteiger partial charge is 0.484 e. The van der Waals surface area contributed by atoms with E-state index in [1.165, 1.54) is 12.6 Å². The quantitative estimate of drug-likeness (QED) is 0.552. The number of anilines is 2. The minimum atomic E-state index is -4.58. The Morgan fingerprint density at radius 3 is 2.53 bits per heavy atom. The maximum atomic E-state index is 12.5. The summed E-state index contributed by atoms with van der Waals surface area (Å²) >= 11 is 0. The lowest BCUT2D eigenvalue weighted by Crippen LogP contribution is -2.30. The van der Waals surface area contributed by atoms with Crippen LogP contribution in [0.25, 0.3) is 0 Å². The molecule has 30 heavy (non-hydrogen) atoms. The van der Waals surface area contributed by atoms with Crippen LogP contribution >= 0.6 is 0 Å². The highest BCUT2D eigenvalue weighted by Gasteiger charge is 2.29. The number of halogens is 3. The summed E-state index contributed by atoms with van der Waals surface area (Å²) in [6.45, 7) is 0.221. The maximum absolute atomic E-state index is 12.5. The molecule has 160 valence electrons. The molecule has 1 amide bonds. The van der Waals surface area contributed by atoms with Gasteiger partial charge in [-0.3, -0.25) is 14.9 Å². The number of hydrogen-bond donors (Lipinski definition) is 1. The molecule has 0 spiro atoms. The van der Waals surface area contributed by atoms with Crippen molar-refractivity contribution in [3.8, 4) is 5.75 Å². The highest BCUT2D eigenvalue weighted by Crippen LogP contribution is 2.27. The smallest absolute Gasteiger partial charge is 0.422 e. The van der Waals surface area contributed by atoms with E-state index in [-0.39, 0.29) is 5.75 Å². The molecule has 0 bridgehead atoms. The summed E-state index contributed by atoms with van der Waals surface area (Å²) < 4.78 is 41.6. The number of nitro groups is 1. The number of hydrogen-bond acceptors (Lipinski definition) is 6. The van der Waals surface area contributed by atoms with Crippen molar-refractivity contribution in [2.45, 2.75) is 25.4 Å². The van der Waals surface area contributed by atoms with Gasteiger partial charge in [0.05, 0.1) is 16.8 Å². The second kappa shape index (κ2) is 8.97. The van der Waals surface area contributed by atoms with Crippen LogP contribution in [-0.4, -0.2) is 41.7 Å². The first kappa shape index (κ1) is 21.3. The van der Waals surface area contributed by atoms with E-state index in [9.17, 15) is 28.1 Å². The van der Waals surface area contributed by atoms with Gasteiger partial charge >= 0.3 is 6.18 Å². The van der Waals surface area contributed by atoms with Crippen molar-refractivity contribution in [1.29, 1.82) is 0 Å². The second-order valence-corrected chi connectivity index (χ2v) is 6.75. The number of benzene rings is 1. The number of carbonyl (C=O) groups excluding carboxylic acids is 1. The van der Waals surface area contributed by atoms with Gasteiger partial charge in [-0.15, -0.1) is 0 Å². The van der Waals surface area contributed by atoms with Crippen LogP contribution < -0.4 is 15.0 Å².